The van der Waals surface area contributed by atoms with E-state index in [9.17, 15) is 10.1 Å². The topological polar surface area (TPSA) is 56.0 Å². The lowest BCUT2D eigenvalue weighted by Crippen LogP contribution is -1.92. The van der Waals surface area contributed by atoms with Crippen molar-refractivity contribution < 1.29 is 4.92 Å². The fraction of sp³-hybridized carbons (Fsp3) is 0. The van der Waals surface area contributed by atoms with Crippen LogP contribution in [0.25, 0.3) is 11.3 Å². The number of rotatable bonds is 2. The molecule has 0 amide bonds. The summed E-state index contributed by atoms with van der Waals surface area (Å²) in [5, 5.41) is 10.6. The Labute approximate surface area is 100 Å². The molecule has 0 spiro atoms. The number of hydrogen-bond donors (Lipinski definition) is 0. The van der Waals surface area contributed by atoms with Crippen molar-refractivity contribution in [3.63, 3.8) is 0 Å². The summed E-state index contributed by atoms with van der Waals surface area (Å²) in [6.07, 6.45) is 0. The van der Waals surface area contributed by atoms with Crippen LogP contribution in [0.5, 0.6) is 0 Å². The minimum atomic E-state index is -0.466. The van der Waals surface area contributed by atoms with Crippen molar-refractivity contribution in [1.82, 2.24) is 4.98 Å². The molecule has 2 aromatic rings. The zero-order chi connectivity index (χ0) is 11.5. The highest BCUT2D eigenvalue weighted by molar-refractivity contribution is 9.10. The van der Waals surface area contributed by atoms with Gasteiger partial charge in [0.25, 0.3) is 0 Å². The van der Waals surface area contributed by atoms with Crippen LogP contribution in [0.3, 0.4) is 0 Å². The second-order valence-corrected chi connectivity index (χ2v) is 3.88. The summed E-state index contributed by atoms with van der Waals surface area (Å²) in [6.45, 7) is 0. The summed E-state index contributed by atoms with van der Waals surface area (Å²) in [7, 11) is 0. The molecule has 16 heavy (non-hydrogen) atoms. The number of hydrogen-bond acceptors (Lipinski definition) is 3. The van der Waals surface area contributed by atoms with Crippen LogP contribution in [0, 0.1) is 10.1 Å². The molecule has 0 N–H and O–H groups in total. The standard InChI is InChI=1S/C11H7BrN2O2/c12-11-10(14(15)16)7-6-9(13-11)8-4-2-1-3-5-8/h1-7H. The Balaban J connectivity index is 2.46. The molecule has 0 fully saturated rings. The maximum atomic E-state index is 10.6. The summed E-state index contributed by atoms with van der Waals surface area (Å²) >= 11 is 3.09. The molecule has 80 valence electrons. The molecule has 0 aliphatic heterocycles. The molecular formula is C11H7BrN2O2. The SMILES string of the molecule is O=[N+]([O-])c1ccc(-c2ccccc2)nc1Br. The van der Waals surface area contributed by atoms with Gasteiger partial charge in [0.1, 0.15) is 0 Å². The molecular weight excluding hydrogens is 272 g/mol. The Bertz CT molecular complexity index is 529. The normalized spacial score (nSPS) is 10.1. The van der Waals surface area contributed by atoms with Crippen LogP contribution in [0.1, 0.15) is 0 Å². The van der Waals surface area contributed by atoms with Crippen molar-refractivity contribution in [2.75, 3.05) is 0 Å². The number of aromatic nitrogens is 1. The number of pyridine rings is 1. The average molecular weight is 279 g/mol. The van der Waals surface area contributed by atoms with E-state index < -0.39 is 4.92 Å². The van der Waals surface area contributed by atoms with E-state index in [0.717, 1.165) is 5.56 Å². The maximum absolute atomic E-state index is 10.6. The molecule has 0 aliphatic carbocycles. The van der Waals surface area contributed by atoms with Crippen molar-refractivity contribution in [1.29, 1.82) is 0 Å². The van der Waals surface area contributed by atoms with Crippen molar-refractivity contribution in [2.24, 2.45) is 0 Å². The van der Waals surface area contributed by atoms with Crippen LogP contribution in [0.2, 0.25) is 0 Å². The second-order valence-electron chi connectivity index (χ2n) is 3.13. The zero-order valence-electron chi connectivity index (χ0n) is 8.13. The van der Waals surface area contributed by atoms with E-state index in [-0.39, 0.29) is 10.3 Å². The molecule has 1 aromatic carbocycles. The number of nitrogens with zero attached hydrogens (tertiary/aromatic N) is 2. The highest BCUT2D eigenvalue weighted by atomic mass is 79.9. The Morgan fingerprint density at radius 1 is 1.12 bits per heavy atom. The summed E-state index contributed by atoms with van der Waals surface area (Å²) in [6, 6.07) is 12.6. The molecule has 0 atom stereocenters. The summed E-state index contributed by atoms with van der Waals surface area (Å²) in [4.78, 5) is 14.3. The van der Waals surface area contributed by atoms with Crippen LogP contribution in [0.4, 0.5) is 5.69 Å². The minimum absolute atomic E-state index is 0.0281. The Morgan fingerprint density at radius 2 is 1.81 bits per heavy atom. The molecule has 5 heteroatoms. The van der Waals surface area contributed by atoms with Gasteiger partial charge < -0.3 is 0 Å². The Morgan fingerprint density at radius 3 is 2.38 bits per heavy atom. The molecule has 0 saturated carbocycles. The van der Waals surface area contributed by atoms with Crippen LogP contribution in [-0.2, 0) is 0 Å². The second kappa shape index (κ2) is 4.40. The summed E-state index contributed by atoms with van der Waals surface area (Å²) in [5.41, 5.74) is 1.61. The lowest BCUT2D eigenvalue weighted by molar-refractivity contribution is -0.386. The quantitative estimate of drug-likeness (QED) is 0.481. The van der Waals surface area contributed by atoms with Gasteiger partial charge in [-0.1, -0.05) is 30.3 Å². The van der Waals surface area contributed by atoms with Crippen LogP contribution >= 0.6 is 15.9 Å². The molecule has 1 aromatic heterocycles. The number of benzene rings is 1. The Hall–Kier alpha value is -1.75. The minimum Gasteiger partial charge on any atom is -0.258 e. The first kappa shape index (κ1) is 10.8. The van der Waals surface area contributed by atoms with Gasteiger partial charge in [-0.25, -0.2) is 4.98 Å². The van der Waals surface area contributed by atoms with Gasteiger partial charge in [0.15, 0.2) is 4.60 Å². The lowest BCUT2D eigenvalue weighted by atomic mass is 10.1. The fourth-order valence-corrected chi connectivity index (χ4v) is 1.80. The third-order valence-electron chi connectivity index (χ3n) is 2.10. The zero-order valence-corrected chi connectivity index (χ0v) is 9.72. The molecule has 2 rings (SSSR count). The highest BCUT2D eigenvalue weighted by Crippen LogP contribution is 2.26. The molecule has 0 saturated heterocycles. The van der Waals surface area contributed by atoms with E-state index >= 15 is 0 Å². The van der Waals surface area contributed by atoms with E-state index in [0.29, 0.717) is 5.69 Å². The fourth-order valence-electron chi connectivity index (χ4n) is 1.33. The predicted octanol–water partition coefficient (Wildman–Crippen LogP) is 3.42. The third-order valence-corrected chi connectivity index (χ3v) is 2.68. The van der Waals surface area contributed by atoms with E-state index in [1.165, 1.54) is 6.07 Å². The van der Waals surface area contributed by atoms with Crippen molar-refractivity contribution in [3.8, 4) is 11.3 Å². The largest absolute Gasteiger partial charge is 0.301 e. The third kappa shape index (κ3) is 2.09. The molecule has 1 heterocycles. The summed E-state index contributed by atoms with van der Waals surface area (Å²) in [5.74, 6) is 0. The van der Waals surface area contributed by atoms with Crippen LogP contribution in [0.15, 0.2) is 47.1 Å². The lowest BCUT2D eigenvalue weighted by Gasteiger charge is -2.01. The van der Waals surface area contributed by atoms with Gasteiger partial charge >= 0.3 is 5.69 Å². The molecule has 4 nitrogen and oxygen atoms in total. The van der Waals surface area contributed by atoms with Gasteiger partial charge in [-0.2, -0.15) is 0 Å². The molecule has 0 bridgehead atoms. The van der Waals surface area contributed by atoms with Crippen LogP contribution < -0.4 is 0 Å². The number of nitro groups is 1. The van der Waals surface area contributed by atoms with Gasteiger partial charge in [0.2, 0.25) is 0 Å². The van der Waals surface area contributed by atoms with E-state index in [1.807, 2.05) is 30.3 Å². The van der Waals surface area contributed by atoms with Gasteiger partial charge in [0, 0.05) is 11.6 Å². The van der Waals surface area contributed by atoms with Crippen molar-refractivity contribution >= 4 is 21.6 Å². The smallest absolute Gasteiger partial charge is 0.258 e. The van der Waals surface area contributed by atoms with Gasteiger partial charge in [-0.3, -0.25) is 10.1 Å². The molecule has 0 unspecified atom stereocenters. The Kier molecular flexibility index (Phi) is 2.96. The summed E-state index contributed by atoms with van der Waals surface area (Å²) < 4.78 is 0.249. The van der Waals surface area contributed by atoms with E-state index in [1.54, 1.807) is 6.07 Å². The van der Waals surface area contributed by atoms with E-state index in [2.05, 4.69) is 20.9 Å². The maximum Gasteiger partial charge on any atom is 0.301 e. The van der Waals surface area contributed by atoms with Gasteiger partial charge in [-0.15, -0.1) is 0 Å². The first-order valence-corrected chi connectivity index (χ1v) is 5.34. The highest BCUT2D eigenvalue weighted by Gasteiger charge is 2.13. The average Bonchev–Trinajstić information content (AvgIpc) is 2.29. The first-order valence-electron chi connectivity index (χ1n) is 4.55. The molecule has 0 radical (unpaired) electrons. The van der Waals surface area contributed by atoms with Crippen molar-refractivity contribution in [3.05, 3.63) is 57.2 Å². The van der Waals surface area contributed by atoms with Crippen molar-refractivity contribution in [2.45, 2.75) is 0 Å². The van der Waals surface area contributed by atoms with E-state index in [4.69, 9.17) is 0 Å². The van der Waals surface area contributed by atoms with Gasteiger partial charge in [0.05, 0.1) is 10.6 Å². The number of halogens is 1. The van der Waals surface area contributed by atoms with Gasteiger partial charge in [-0.05, 0) is 22.0 Å². The first-order chi connectivity index (χ1) is 7.68. The molecule has 0 aliphatic rings. The predicted molar refractivity (Wildman–Crippen MR) is 64.0 cm³/mol. The van der Waals surface area contributed by atoms with Crippen LogP contribution in [-0.4, -0.2) is 9.91 Å². The monoisotopic (exact) mass is 278 g/mol.